The van der Waals surface area contributed by atoms with Gasteiger partial charge in [0.15, 0.2) is 0 Å². The average Bonchev–Trinajstić information content (AvgIpc) is 2.29. The van der Waals surface area contributed by atoms with Gasteiger partial charge in [0.2, 0.25) is 0 Å². The molecule has 0 aliphatic heterocycles. The molecular weight excluding hydrogens is 204 g/mol. The summed E-state index contributed by atoms with van der Waals surface area (Å²) < 4.78 is 0. The maximum absolute atomic E-state index is 11.1. The molecule has 0 spiro atoms. The molecule has 0 radical (unpaired) electrons. The highest BCUT2D eigenvalue weighted by Crippen LogP contribution is 2.29. The fourth-order valence-corrected chi connectivity index (χ4v) is 1.62. The van der Waals surface area contributed by atoms with Crippen LogP contribution in [-0.4, -0.2) is 16.2 Å². The van der Waals surface area contributed by atoms with Crippen molar-refractivity contribution >= 4 is 5.97 Å². The van der Waals surface area contributed by atoms with Gasteiger partial charge in [0.1, 0.15) is 11.3 Å². The van der Waals surface area contributed by atoms with Gasteiger partial charge in [-0.25, -0.2) is 4.79 Å². The molecule has 80 valence electrons. The van der Waals surface area contributed by atoms with E-state index in [1.807, 2.05) is 18.2 Å². The summed E-state index contributed by atoms with van der Waals surface area (Å²) in [7, 11) is 0. The zero-order valence-electron chi connectivity index (χ0n) is 8.42. The zero-order valence-corrected chi connectivity index (χ0v) is 8.42. The minimum atomic E-state index is -1.13. The number of carboxylic acid groups (broad SMARTS) is 1. The summed E-state index contributed by atoms with van der Waals surface area (Å²) in [5.41, 5.74) is 1.23. The molecule has 16 heavy (non-hydrogen) atoms. The standard InChI is InChI=1S/C13H10O3/c14-11-8-4-7-10(12(11)13(15)16)9-5-2-1-3-6-9/h1-8,14H,(H,15,16). The zero-order chi connectivity index (χ0) is 11.5. The third-order valence-electron chi connectivity index (χ3n) is 2.34. The van der Waals surface area contributed by atoms with Crippen molar-refractivity contribution in [2.45, 2.75) is 0 Å². The molecular formula is C13H10O3. The van der Waals surface area contributed by atoms with Crippen LogP contribution in [-0.2, 0) is 0 Å². The van der Waals surface area contributed by atoms with Gasteiger partial charge in [0, 0.05) is 0 Å². The van der Waals surface area contributed by atoms with Crippen LogP contribution in [0.25, 0.3) is 11.1 Å². The Hall–Kier alpha value is -2.29. The SMILES string of the molecule is O=C(O)c1c(O)cccc1-c1ccccc1. The number of benzene rings is 2. The van der Waals surface area contributed by atoms with Crippen molar-refractivity contribution in [1.82, 2.24) is 0 Å². The number of hydrogen-bond acceptors (Lipinski definition) is 2. The molecule has 0 atom stereocenters. The number of phenols is 1. The molecule has 0 amide bonds. The van der Waals surface area contributed by atoms with E-state index in [4.69, 9.17) is 5.11 Å². The lowest BCUT2D eigenvalue weighted by atomic mass is 9.99. The van der Waals surface area contributed by atoms with Crippen LogP contribution >= 0.6 is 0 Å². The normalized spacial score (nSPS) is 10.0. The van der Waals surface area contributed by atoms with Crippen molar-refractivity contribution in [3.05, 3.63) is 54.1 Å². The molecule has 2 aromatic carbocycles. The maximum Gasteiger partial charge on any atom is 0.340 e. The molecule has 0 heterocycles. The molecule has 0 saturated carbocycles. The molecule has 3 nitrogen and oxygen atoms in total. The molecule has 0 aliphatic carbocycles. The van der Waals surface area contributed by atoms with Crippen molar-refractivity contribution in [2.24, 2.45) is 0 Å². The van der Waals surface area contributed by atoms with E-state index < -0.39 is 5.97 Å². The Kier molecular flexibility index (Phi) is 2.60. The molecule has 2 N–H and O–H groups in total. The van der Waals surface area contributed by atoms with Crippen LogP contribution < -0.4 is 0 Å². The van der Waals surface area contributed by atoms with Crippen LogP contribution in [0, 0.1) is 0 Å². The van der Waals surface area contributed by atoms with Crippen LogP contribution in [0.1, 0.15) is 10.4 Å². The third kappa shape index (κ3) is 1.75. The topological polar surface area (TPSA) is 57.5 Å². The van der Waals surface area contributed by atoms with Crippen molar-refractivity contribution < 1.29 is 15.0 Å². The van der Waals surface area contributed by atoms with Gasteiger partial charge in [0.25, 0.3) is 0 Å². The van der Waals surface area contributed by atoms with Gasteiger partial charge in [-0.15, -0.1) is 0 Å². The lowest BCUT2D eigenvalue weighted by Crippen LogP contribution is -1.99. The van der Waals surface area contributed by atoms with E-state index in [1.54, 1.807) is 24.3 Å². The average molecular weight is 214 g/mol. The van der Waals surface area contributed by atoms with Crippen LogP contribution in [0.4, 0.5) is 0 Å². The van der Waals surface area contributed by atoms with Gasteiger partial charge in [-0.1, -0.05) is 42.5 Å². The van der Waals surface area contributed by atoms with Gasteiger partial charge < -0.3 is 10.2 Å². The summed E-state index contributed by atoms with van der Waals surface area (Å²) in [4.78, 5) is 11.1. The van der Waals surface area contributed by atoms with Crippen molar-refractivity contribution in [3.63, 3.8) is 0 Å². The molecule has 0 aromatic heterocycles. The number of carboxylic acids is 1. The maximum atomic E-state index is 11.1. The van der Waals surface area contributed by atoms with Crippen molar-refractivity contribution in [2.75, 3.05) is 0 Å². The van der Waals surface area contributed by atoms with Gasteiger partial charge in [-0.2, -0.15) is 0 Å². The highest BCUT2D eigenvalue weighted by Gasteiger charge is 2.15. The van der Waals surface area contributed by atoms with Crippen LogP contribution in [0.2, 0.25) is 0 Å². The quantitative estimate of drug-likeness (QED) is 0.808. The summed E-state index contributed by atoms with van der Waals surface area (Å²) in [5, 5.41) is 18.6. The molecule has 2 aromatic rings. The Morgan fingerprint density at radius 3 is 2.25 bits per heavy atom. The third-order valence-corrected chi connectivity index (χ3v) is 2.34. The molecule has 0 unspecified atom stereocenters. The van der Waals surface area contributed by atoms with Gasteiger partial charge >= 0.3 is 5.97 Å². The van der Waals surface area contributed by atoms with Crippen molar-refractivity contribution in [3.8, 4) is 16.9 Å². The van der Waals surface area contributed by atoms with Gasteiger partial charge in [-0.3, -0.25) is 0 Å². The Morgan fingerprint density at radius 2 is 1.62 bits per heavy atom. The lowest BCUT2D eigenvalue weighted by Gasteiger charge is -2.07. The summed E-state index contributed by atoms with van der Waals surface area (Å²) in [6.45, 7) is 0. The summed E-state index contributed by atoms with van der Waals surface area (Å²) >= 11 is 0. The van der Waals surface area contributed by atoms with E-state index in [0.717, 1.165) is 5.56 Å². The molecule has 0 fully saturated rings. The van der Waals surface area contributed by atoms with E-state index in [0.29, 0.717) is 5.56 Å². The summed E-state index contributed by atoms with van der Waals surface area (Å²) in [6, 6.07) is 13.8. The van der Waals surface area contributed by atoms with Crippen molar-refractivity contribution in [1.29, 1.82) is 0 Å². The molecule has 2 rings (SSSR count). The van der Waals surface area contributed by atoms with Crippen LogP contribution in [0.3, 0.4) is 0 Å². The smallest absolute Gasteiger partial charge is 0.340 e. The van der Waals surface area contributed by atoms with E-state index in [1.165, 1.54) is 6.07 Å². The summed E-state index contributed by atoms with van der Waals surface area (Å²) in [5.74, 6) is -1.34. The van der Waals surface area contributed by atoms with E-state index >= 15 is 0 Å². The highest BCUT2D eigenvalue weighted by molar-refractivity contribution is 5.98. The number of rotatable bonds is 2. The minimum Gasteiger partial charge on any atom is -0.507 e. The highest BCUT2D eigenvalue weighted by atomic mass is 16.4. The first-order valence-electron chi connectivity index (χ1n) is 4.81. The van der Waals surface area contributed by atoms with E-state index in [9.17, 15) is 9.90 Å². The first-order chi connectivity index (χ1) is 7.70. The molecule has 3 heteroatoms. The van der Waals surface area contributed by atoms with Gasteiger partial charge in [-0.05, 0) is 17.2 Å². The Morgan fingerprint density at radius 1 is 0.938 bits per heavy atom. The fraction of sp³-hybridized carbons (Fsp3) is 0. The predicted octanol–water partition coefficient (Wildman–Crippen LogP) is 2.76. The molecule has 0 saturated heterocycles. The van der Waals surface area contributed by atoms with Crippen LogP contribution in [0.5, 0.6) is 5.75 Å². The van der Waals surface area contributed by atoms with E-state index in [-0.39, 0.29) is 11.3 Å². The van der Waals surface area contributed by atoms with Gasteiger partial charge in [0.05, 0.1) is 0 Å². The number of carbonyl (C=O) groups is 1. The lowest BCUT2D eigenvalue weighted by molar-refractivity contribution is 0.0694. The largest absolute Gasteiger partial charge is 0.507 e. The second-order valence-electron chi connectivity index (χ2n) is 3.37. The second kappa shape index (κ2) is 4.06. The Balaban J connectivity index is 2.66. The number of aromatic hydroxyl groups is 1. The second-order valence-corrected chi connectivity index (χ2v) is 3.37. The Bertz CT molecular complexity index is 518. The monoisotopic (exact) mass is 214 g/mol. The van der Waals surface area contributed by atoms with Crippen LogP contribution in [0.15, 0.2) is 48.5 Å². The fourth-order valence-electron chi connectivity index (χ4n) is 1.62. The first kappa shape index (κ1) is 10.2. The number of hydrogen-bond donors (Lipinski definition) is 2. The number of aromatic carboxylic acids is 1. The van der Waals surface area contributed by atoms with E-state index in [2.05, 4.69) is 0 Å². The Labute approximate surface area is 92.6 Å². The summed E-state index contributed by atoms with van der Waals surface area (Å²) in [6.07, 6.45) is 0. The molecule has 0 aliphatic rings. The first-order valence-corrected chi connectivity index (χ1v) is 4.81. The predicted molar refractivity (Wildman–Crippen MR) is 60.5 cm³/mol. The molecule has 0 bridgehead atoms. The minimum absolute atomic E-state index is 0.0614.